The lowest BCUT2D eigenvalue weighted by molar-refractivity contribution is 0.0692. The number of amides is 1. The number of halogens is 1. The van der Waals surface area contributed by atoms with Crippen LogP contribution in [0.3, 0.4) is 0 Å². The molecule has 22 heavy (non-hydrogen) atoms. The third kappa shape index (κ3) is 3.15. The van der Waals surface area contributed by atoms with Crippen molar-refractivity contribution in [1.29, 1.82) is 0 Å². The zero-order valence-electron chi connectivity index (χ0n) is 12.5. The van der Waals surface area contributed by atoms with Crippen LogP contribution in [-0.4, -0.2) is 42.0 Å². The number of rotatable bonds is 2. The molecule has 0 bridgehead atoms. The van der Waals surface area contributed by atoms with Gasteiger partial charge in [-0.15, -0.1) is 12.4 Å². The SMILES string of the molecule is CNC1CCCN(C(=O)c2cc3ccccc3c(=O)[nH]2)C1.Cl. The average molecular weight is 322 g/mol. The van der Waals surface area contributed by atoms with Crippen molar-refractivity contribution in [3.05, 3.63) is 46.4 Å². The zero-order chi connectivity index (χ0) is 14.8. The van der Waals surface area contributed by atoms with Crippen molar-refractivity contribution in [2.45, 2.75) is 18.9 Å². The molecule has 0 spiro atoms. The van der Waals surface area contributed by atoms with Gasteiger partial charge >= 0.3 is 0 Å². The molecule has 118 valence electrons. The van der Waals surface area contributed by atoms with E-state index in [-0.39, 0.29) is 23.9 Å². The number of benzene rings is 1. The number of aromatic amines is 1. The molecule has 0 radical (unpaired) electrons. The number of nitrogens with zero attached hydrogens (tertiary/aromatic N) is 1. The summed E-state index contributed by atoms with van der Waals surface area (Å²) in [4.78, 5) is 29.2. The van der Waals surface area contributed by atoms with Gasteiger partial charge < -0.3 is 15.2 Å². The van der Waals surface area contributed by atoms with E-state index in [2.05, 4.69) is 10.3 Å². The fourth-order valence-electron chi connectivity index (χ4n) is 2.89. The van der Waals surface area contributed by atoms with Crippen LogP contribution in [0.5, 0.6) is 0 Å². The van der Waals surface area contributed by atoms with Crippen molar-refractivity contribution in [2.24, 2.45) is 0 Å². The number of fused-ring (bicyclic) bond motifs is 1. The van der Waals surface area contributed by atoms with Crippen LogP contribution in [0.25, 0.3) is 10.8 Å². The second-order valence-corrected chi connectivity index (χ2v) is 5.48. The van der Waals surface area contributed by atoms with Gasteiger partial charge in [0, 0.05) is 24.5 Å². The first-order chi connectivity index (χ1) is 10.2. The van der Waals surface area contributed by atoms with Crippen LogP contribution in [0.2, 0.25) is 0 Å². The number of H-pyrrole nitrogens is 1. The van der Waals surface area contributed by atoms with Gasteiger partial charge in [0.15, 0.2) is 0 Å². The van der Waals surface area contributed by atoms with Crippen molar-refractivity contribution in [3.8, 4) is 0 Å². The Hall–Kier alpha value is -1.85. The minimum Gasteiger partial charge on any atom is -0.336 e. The topological polar surface area (TPSA) is 65.2 Å². The van der Waals surface area contributed by atoms with E-state index < -0.39 is 0 Å². The minimum absolute atomic E-state index is 0. The zero-order valence-corrected chi connectivity index (χ0v) is 13.3. The summed E-state index contributed by atoms with van der Waals surface area (Å²) >= 11 is 0. The molecule has 1 atom stereocenters. The van der Waals surface area contributed by atoms with Crippen LogP contribution < -0.4 is 10.9 Å². The number of hydrogen-bond acceptors (Lipinski definition) is 3. The molecule has 0 saturated carbocycles. The van der Waals surface area contributed by atoms with Crippen molar-refractivity contribution in [2.75, 3.05) is 20.1 Å². The van der Waals surface area contributed by atoms with Gasteiger partial charge in [0.1, 0.15) is 5.69 Å². The number of likely N-dealkylation sites (tertiary alicyclic amines) is 1. The molecule has 1 unspecified atom stereocenters. The summed E-state index contributed by atoms with van der Waals surface area (Å²) in [5.41, 5.74) is 0.161. The molecule has 2 heterocycles. The summed E-state index contributed by atoms with van der Waals surface area (Å²) in [6.45, 7) is 1.43. The van der Waals surface area contributed by atoms with Gasteiger partial charge in [0.2, 0.25) is 0 Å². The van der Waals surface area contributed by atoms with E-state index in [1.165, 1.54) is 0 Å². The molecular weight excluding hydrogens is 302 g/mol. The summed E-state index contributed by atoms with van der Waals surface area (Å²) in [7, 11) is 1.91. The average Bonchev–Trinajstić information content (AvgIpc) is 2.54. The third-order valence-electron chi connectivity index (χ3n) is 4.10. The van der Waals surface area contributed by atoms with Crippen LogP contribution in [-0.2, 0) is 0 Å². The smallest absolute Gasteiger partial charge is 0.270 e. The quantitative estimate of drug-likeness (QED) is 0.886. The Morgan fingerprint density at radius 1 is 1.36 bits per heavy atom. The highest BCUT2D eigenvalue weighted by atomic mass is 35.5. The van der Waals surface area contributed by atoms with E-state index in [9.17, 15) is 9.59 Å². The van der Waals surface area contributed by atoms with Gasteiger partial charge in [-0.25, -0.2) is 0 Å². The standard InChI is InChI=1S/C16H19N3O2.ClH/c1-17-12-6-4-8-19(10-12)16(21)14-9-11-5-2-3-7-13(11)15(20)18-14;/h2-3,5,7,9,12,17H,4,6,8,10H2,1H3,(H,18,20);1H. The van der Waals surface area contributed by atoms with Gasteiger partial charge in [-0.05, 0) is 37.4 Å². The van der Waals surface area contributed by atoms with Crippen LogP contribution in [0, 0.1) is 0 Å². The summed E-state index contributed by atoms with van der Waals surface area (Å²) in [5, 5.41) is 4.63. The maximum Gasteiger partial charge on any atom is 0.270 e. The molecule has 1 fully saturated rings. The van der Waals surface area contributed by atoms with Gasteiger partial charge in [0.25, 0.3) is 11.5 Å². The molecule has 5 nitrogen and oxygen atoms in total. The highest BCUT2D eigenvalue weighted by Crippen LogP contribution is 2.15. The van der Waals surface area contributed by atoms with Crippen molar-refractivity contribution in [3.63, 3.8) is 0 Å². The van der Waals surface area contributed by atoms with Gasteiger partial charge in [-0.3, -0.25) is 9.59 Å². The van der Waals surface area contributed by atoms with Gasteiger partial charge in [-0.2, -0.15) is 0 Å². The highest BCUT2D eigenvalue weighted by Gasteiger charge is 2.24. The van der Waals surface area contributed by atoms with E-state index in [1.54, 1.807) is 12.1 Å². The van der Waals surface area contributed by atoms with Crippen LogP contribution >= 0.6 is 12.4 Å². The second kappa shape index (κ2) is 6.94. The predicted molar refractivity (Wildman–Crippen MR) is 89.8 cm³/mol. The molecule has 2 N–H and O–H groups in total. The number of nitrogens with one attached hydrogen (secondary N) is 2. The normalized spacial score (nSPS) is 18.0. The Balaban J connectivity index is 0.00000176. The number of pyridine rings is 1. The van der Waals surface area contributed by atoms with Crippen LogP contribution in [0.1, 0.15) is 23.3 Å². The molecule has 1 aromatic carbocycles. The molecule has 1 aliphatic heterocycles. The lowest BCUT2D eigenvalue weighted by Crippen LogP contribution is -2.47. The lowest BCUT2D eigenvalue weighted by atomic mass is 10.1. The first-order valence-electron chi connectivity index (χ1n) is 7.27. The van der Waals surface area contributed by atoms with Crippen LogP contribution in [0.15, 0.2) is 35.1 Å². The molecule has 1 amide bonds. The van der Waals surface area contributed by atoms with E-state index in [0.29, 0.717) is 23.7 Å². The Morgan fingerprint density at radius 2 is 2.14 bits per heavy atom. The Kier molecular flexibility index (Phi) is 5.21. The first-order valence-corrected chi connectivity index (χ1v) is 7.27. The predicted octanol–water partition coefficient (Wildman–Crippen LogP) is 1.77. The fourth-order valence-corrected chi connectivity index (χ4v) is 2.89. The molecule has 1 aromatic heterocycles. The molecule has 1 saturated heterocycles. The van der Waals surface area contributed by atoms with Crippen molar-refractivity contribution >= 4 is 29.1 Å². The summed E-state index contributed by atoms with van der Waals surface area (Å²) in [5.74, 6) is -0.0993. The van der Waals surface area contributed by atoms with E-state index in [0.717, 1.165) is 24.8 Å². The number of hydrogen-bond donors (Lipinski definition) is 2. The van der Waals surface area contributed by atoms with Gasteiger partial charge in [-0.1, -0.05) is 18.2 Å². The lowest BCUT2D eigenvalue weighted by Gasteiger charge is -2.32. The molecule has 1 aliphatic rings. The number of carbonyl (C=O) groups is 1. The number of likely N-dealkylation sites (N-methyl/N-ethyl adjacent to an activating group) is 1. The molecular formula is C16H20ClN3O2. The fraction of sp³-hybridized carbons (Fsp3) is 0.375. The summed E-state index contributed by atoms with van der Waals surface area (Å²) < 4.78 is 0. The molecule has 2 aromatic rings. The Bertz CT molecular complexity index is 729. The maximum absolute atomic E-state index is 12.6. The monoisotopic (exact) mass is 321 g/mol. The number of piperidine rings is 1. The minimum atomic E-state index is -0.210. The second-order valence-electron chi connectivity index (χ2n) is 5.48. The number of aromatic nitrogens is 1. The maximum atomic E-state index is 12.6. The largest absolute Gasteiger partial charge is 0.336 e. The van der Waals surface area contributed by atoms with Crippen LogP contribution in [0.4, 0.5) is 0 Å². The molecule has 6 heteroatoms. The Morgan fingerprint density at radius 3 is 2.91 bits per heavy atom. The summed E-state index contributed by atoms with van der Waals surface area (Å²) in [6.07, 6.45) is 2.06. The van der Waals surface area contributed by atoms with E-state index >= 15 is 0 Å². The van der Waals surface area contributed by atoms with E-state index in [1.807, 2.05) is 30.1 Å². The van der Waals surface area contributed by atoms with Crippen molar-refractivity contribution < 1.29 is 4.79 Å². The highest BCUT2D eigenvalue weighted by molar-refractivity contribution is 5.96. The molecule has 0 aliphatic carbocycles. The summed E-state index contributed by atoms with van der Waals surface area (Å²) in [6, 6.07) is 9.40. The van der Waals surface area contributed by atoms with Gasteiger partial charge in [0.05, 0.1) is 0 Å². The number of carbonyl (C=O) groups excluding carboxylic acids is 1. The van der Waals surface area contributed by atoms with E-state index in [4.69, 9.17) is 0 Å². The third-order valence-corrected chi connectivity index (χ3v) is 4.10. The van der Waals surface area contributed by atoms with Crippen molar-refractivity contribution in [1.82, 2.24) is 15.2 Å². The first kappa shape index (κ1) is 16.5. The Labute approximate surface area is 135 Å². The molecule has 3 rings (SSSR count).